The van der Waals surface area contributed by atoms with E-state index in [2.05, 4.69) is 0 Å². The quantitative estimate of drug-likeness (QED) is 0.498. The van der Waals surface area contributed by atoms with Crippen LogP contribution >= 0.6 is 7.80 Å². The summed E-state index contributed by atoms with van der Waals surface area (Å²) < 4.78 is 10.6. The van der Waals surface area contributed by atoms with Crippen LogP contribution < -0.4 is 5.73 Å². The summed E-state index contributed by atoms with van der Waals surface area (Å²) in [6.45, 7) is 0. The molecule has 0 saturated carbocycles. The van der Waals surface area contributed by atoms with Gasteiger partial charge in [-0.3, -0.25) is 4.79 Å². The summed E-state index contributed by atoms with van der Waals surface area (Å²) in [4.78, 5) is 10.1. The molecule has 0 heterocycles. The summed E-state index contributed by atoms with van der Waals surface area (Å²) in [5, 5.41) is 16.6. The van der Waals surface area contributed by atoms with Crippen LogP contribution in [0.2, 0.25) is 0 Å². The molecule has 2 atom stereocenters. The Kier molecular flexibility index (Phi) is 4.94. The second-order valence-electron chi connectivity index (χ2n) is 2.08. The van der Waals surface area contributed by atoms with Gasteiger partial charge in [0.1, 0.15) is 6.04 Å². The number of rotatable bonds is 5. The van der Waals surface area contributed by atoms with Gasteiger partial charge in [0.2, 0.25) is 6.35 Å². The first-order valence-electron chi connectivity index (χ1n) is 3.09. The smallest absolute Gasteiger partial charge is 0.366 e. The Morgan fingerprint density at radius 3 is 2.55 bits per heavy atom. The van der Waals surface area contributed by atoms with Crippen molar-refractivity contribution in [3.63, 3.8) is 0 Å². The zero-order valence-corrected chi connectivity index (χ0v) is 6.83. The average molecular weight is 180 g/mol. The number of aliphatic hydroxyl groups is 1. The molecule has 64 valence electrons. The van der Waals surface area contributed by atoms with E-state index < -0.39 is 26.2 Å². The van der Waals surface area contributed by atoms with E-state index in [0.29, 0.717) is 0 Å². The Bertz CT molecular complexity index is 161. The summed E-state index contributed by atoms with van der Waals surface area (Å²) >= 11 is 0. The van der Waals surface area contributed by atoms with Crippen molar-refractivity contribution < 1.29 is 19.6 Å². The Morgan fingerprint density at radius 2 is 2.18 bits per heavy atom. The number of nitrogens with two attached hydrogens (primary N) is 1. The number of carboxylic acid groups (broad SMARTS) is 1. The van der Waals surface area contributed by atoms with Gasteiger partial charge in [-0.1, -0.05) is 4.57 Å². The van der Waals surface area contributed by atoms with Crippen LogP contribution in [0.25, 0.3) is 0 Å². The van der Waals surface area contributed by atoms with Gasteiger partial charge in [-0.2, -0.15) is 0 Å². The average Bonchev–Trinajstić information content (AvgIpc) is 1.99. The zero-order chi connectivity index (χ0) is 8.85. The molecular formula is C5H11NO4P+. The molecule has 0 aliphatic rings. The molecule has 0 spiro atoms. The van der Waals surface area contributed by atoms with Gasteiger partial charge in [-0.25, -0.2) is 0 Å². The van der Waals surface area contributed by atoms with E-state index in [-0.39, 0.29) is 12.6 Å². The molecule has 0 aromatic heterocycles. The molecule has 0 aliphatic carbocycles. The fraction of sp³-hybridized carbons (Fsp3) is 0.800. The molecule has 0 aliphatic heterocycles. The number of carboxylic acids is 1. The highest BCUT2D eigenvalue weighted by Crippen LogP contribution is 2.19. The van der Waals surface area contributed by atoms with Crippen molar-refractivity contribution in [3.05, 3.63) is 0 Å². The Morgan fingerprint density at radius 1 is 1.64 bits per heavy atom. The van der Waals surface area contributed by atoms with Crippen LogP contribution in [0.3, 0.4) is 0 Å². The maximum atomic E-state index is 10.6. The van der Waals surface area contributed by atoms with Crippen molar-refractivity contribution in [2.24, 2.45) is 5.73 Å². The molecule has 11 heavy (non-hydrogen) atoms. The van der Waals surface area contributed by atoms with E-state index in [9.17, 15) is 9.36 Å². The summed E-state index contributed by atoms with van der Waals surface area (Å²) in [6, 6.07) is -0.972. The van der Waals surface area contributed by atoms with Crippen molar-refractivity contribution in [2.45, 2.75) is 12.5 Å². The first-order valence-corrected chi connectivity index (χ1v) is 4.72. The zero-order valence-electron chi connectivity index (χ0n) is 5.93. The molecule has 2 unspecified atom stereocenters. The lowest BCUT2D eigenvalue weighted by Crippen LogP contribution is -2.30. The second-order valence-corrected chi connectivity index (χ2v) is 3.77. The maximum Gasteiger partial charge on any atom is 0.366 e. The normalized spacial score (nSPS) is 14.2. The molecule has 0 bridgehead atoms. The standard InChI is InChI=1S/C5H10NO4P/c6-4(5(8)9)1-2-11(10)3-7/h4,7H,1-3,6H2/p+1. The van der Waals surface area contributed by atoms with Crippen LogP contribution in [-0.4, -0.2) is 34.7 Å². The Labute approximate surface area is 65.0 Å². The van der Waals surface area contributed by atoms with Crippen molar-refractivity contribution >= 4 is 13.8 Å². The SMILES string of the molecule is NC(CC[P+](=O)CO)C(=O)O. The highest BCUT2D eigenvalue weighted by Gasteiger charge is 2.18. The molecule has 0 aromatic rings. The minimum absolute atomic E-state index is 0.144. The van der Waals surface area contributed by atoms with E-state index in [0.717, 1.165) is 0 Å². The fourth-order valence-electron chi connectivity index (χ4n) is 0.477. The lowest BCUT2D eigenvalue weighted by molar-refractivity contribution is -0.138. The third-order valence-corrected chi connectivity index (χ3v) is 2.24. The van der Waals surface area contributed by atoms with Gasteiger partial charge in [0, 0.05) is 6.42 Å². The minimum Gasteiger partial charge on any atom is -0.480 e. The van der Waals surface area contributed by atoms with E-state index in [1.807, 2.05) is 0 Å². The summed E-state index contributed by atoms with van der Waals surface area (Å²) in [6.07, 6.45) is -0.0912. The number of hydrogen-bond donors (Lipinski definition) is 3. The maximum absolute atomic E-state index is 10.6. The van der Waals surface area contributed by atoms with E-state index in [4.69, 9.17) is 15.9 Å². The summed E-state index contributed by atoms with van der Waals surface area (Å²) in [5.74, 6) is -1.11. The first kappa shape index (κ1) is 10.5. The number of aliphatic carboxylic acids is 1. The van der Waals surface area contributed by atoms with Crippen LogP contribution in [0.1, 0.15) is 6.42 Å². The van der Waals surface area contributed by atoms with Crippen LogP contribution in [0.15, 0.2) is 0 Å². The van der Waals surface area contributed by atoms with E-state index in [1.165, 1.54) is 0 Å². The fourth-order valence-corrected chi connectivity index (χ4v) is 1.18. The van der Waals surface area contributed by atoms with Gasteiger partial charge < -0.3 is 15.9 Å². The van der Waals surface area contributed by atoms with Gasteiger partial charge in [0.25, 0.3) is 0 Å². The van der Waals surface area contributed by atoms with Gasteiger partial charge in [0.15, 0.2) is 6.16 Å². The lowest BCUT2D eigenvalue weighted by atomic mass is 10.2. The molecule has 0 aromatic carbocycles. The van der Waals surface area contributed by atoms with Crippen LogP contribution in [0, 0.1) is 0 Å². The van der Waals surface area contributed by atoms with Crippen molar-refractivity contribution in [2.75, 3.05) is 12.5 Å². The van der Waals surface area contributed by atoms with Gasteiger partial charge in [0.05, 0.1) is 0 Å². The molecule has 6 heteroatoms. The third kappa shape index (κ3) is 4.84. The topological polar surface area (TPSA) is 101 Å². The molecule has 5 nitrogen and oxygen atoms in total. The molecular weight excluding hydrogens is 169 g/mol. The highest BCUT2D eigenvalue weighted by atomic mass is 31.1. The summed E-state index contributed by atoms with van der Waals surface area (Å²) in [5.41, 5.74) is 5.11. The summed E-state index contributed by atoms with van der Waals surface area (Å²) in [7, 11) is -1.67. The number of aliphatic hydroxyl groups excluding tert-OH is 1. The van der Waals surface area contributed by atoms with Crippen molar-refractivity contribution in [1.29, 1.82) is 0 Å². The molecule has 0 fully saturated rings. The molecule has 4 N–H and O–H groups in total. The van der Waals surface area contributed by atoms with Gasteiger partial charge >= 0.3 is 13.8 Å². The van der Waals surface area contributed by atoms with E-state index in [1.54, 1.807) is 0 Å². The molecule has 0 radical (unpaired) electrons. The predicted octanol–water partition coefficient (Wildman–Crippen LogP) is -0.434. The number of hydrogen-bond acceptors (Lipinski definition) is 4. The van der Waals surface area contributed by atoms with Gasteiger partial charge in [-0.15, -0.1) is 0 Å². The van der Waals surface area contributed by atoms with Crippen LogP contribution in [-0.2, 0) is 9.36 Å². The molecule has 0 amide bonds. The predicted molar refractivity (Wildman–Crippen MR) is 39.8 cm³/mol. The Hall–Kier alpha value is -0.510. The minimum atomic E-state index is -1.67. The Balaban J connectivity index is 3.54. The monoisotopic (exact) mass is 180 g/mol. The van der Waals surface area contributed by atoms with Crippen LogP contribution in [0.5, 0.6) is 0 Å². The van der Waals surface area contributed by atoms with E-state index >= 15 is 0 Å². The number of carbonyl (C=O) groups is 1. The third-order valence-electron chi connectivity index (χ3n) is 1.16. The largest absolute Gasteiger partial charge is 0.480 e. The molecule has 0 saturated heterocycles. The highest BCUT2D eigenvalue weighted by molar-refractivity contribution is 7.44. The van der Waals surface area contributed by atoms with Gasteiger partial charge in [-0.05, 0) is 0 Å². The first-order chi connectivity index (χ1) is 5.07. The second kappa shape index (κ2) is 5.18. The van der Waals surface area contributed by atoms with Crippen molar-refractivity contribution in [3.8, 4) is 0 Å². The van der Waals surface area contributed by atoms with Crippen molar-refractivity contribution in [1.82, 2.24) is 0 Å². The van der Waals surface area contributed by atoms with Crippen LogP contribution in [0.4, 0.5) is 0 Å². The lowest BCUT2D eigenvalue weighted by Gasteiger charge is -1.99. The molecule has 0 rings (SSSR count).